The van der Waals surface area contributed by atoms with E-state index in [0.29, 0.717) is 12.8 Å². The van der Waals surface area contributed by atoms with Crippen molar-refractivity contribution in [1.82, 2.24) is 0 Å². The molecule has 0 spiro atoms. The second-order valence-electron chi connectivity index (χ2n) is 5.60. The van der Waals surface area contributed by atoms with Gasteiger partial charge in [0.25, 0.3) is 0 Å². The van der Waals surface area contributed by atoms with Gasteiger partial charge in [0.05, 0.1) is 7.11 Å². The average Bonchev–Trinajstić information content (AvgIpc) is 2.82. The summed E-state index contributed by atoms with van der Waals surface area (Å²) in [6, 6.07) is 9.75. The molecule has 0 unspecified atom stereocenters. The summed E-state index contributed by atoms with van der Waals surface area (Å²) in [5.74, 6) is 5.85. The van der Waals surface area contributed by atoms with E-state index in [4.69, 9.17) is 9.57 Å². The molecule has 0 saturated carbocycles. The third kappa shape index (κ3) is 9.60. The van der Waals surface area contributed by atoms with Crippen molar-refractivity contribution in [2.24, 2.45) is 5.16 Å². The summed E-state index contributed by atoms with van der Waals surface area (Å²) < 4.78 is 4.84. The summed E-state index contributed by atoms with van der Waals surface area (Å²) >= 11 is 0. The van der Waals surface area contributed by atoms with E-state index in [1.165, 1.54) is 25.4 Å². The summed E-state index contributed by atoms with van der Waals surface area (Å²) in [5.41, 5.74) is 5.24. The van der Waals surface area contributed by atoms with Crippen molar-refractivity contribution < 1.29 is 14.4 Å². The largest absolute Gasteiger partial charge is 0.464 e. The van der Waals surface area contributed by atoms with E-state index in [1.54, 1.807) is 0 Å². The first-order chi connectivity index (χ1) is 14.6. The Labute approximate surface area is 184 Å². The van der Waals surface area contributed by atoms with Crippen LogP contribution in [-0.2, 0) is 14.4 Å². The predicted molar refractivity (Wildman–Crippen MR) is 128 cm³/mol. The molecule has 30 heavy (non-hydrogen) atoms. The van der Waals surface area contributed by atoms with Crippen LogP contribution in [0.25, 0.3) is 0 Å². The fourth-order valence-corrected chi connectivity index (χ4v) is 2.46. The number of ether oxygens (including phenoxy) is 1. The maximum atomic E-state index is 12.1. The van der Waals surface area contributed by atoms with Gasteiger partial charge < -0.3 is 9.57 Å². The monoisotopic (exact) mass is 413 g/mol. The van der Waals surface area contributed by atoms with Crippen molar-refractivity contribution >= 4 is 11.7 Å². The van der Waals surface area contributed by atoms with Crippen molar-refractivity contribution in [2.45, 2.75) is 68.2 Å². The van der Waals surface area contributed by atoms with Gasteiger partial charge in [0.2, 0.25) is 0 Å². The third-order valence-electron chi connectivity index (χ3n) is 3.96. The number of allylic oxidation sites excluding steroid dienone is 3. The van der Waals surface area contributed by atoms with Crippen LogP contribution in [0.2, 0.25) is 0 Å². The van der Waals surface area contributed by atoms with E-state index in [0.717, 1.165) is 16.7 Å². The molecule has 4 nitrogen and oxygen atoms in total. The molecule has 0 aromatic heterocycles. The zero-order chi connectivity index (χ0) is 23.5. The third-order valence-corrected chi connectivity index (χ3v) is 3.96. The summed E-state index contributed by atoms with van der Waals surface area (Å²) in [4.78, 5) is 16.9. The lowest BCUT2D eigenvalue weighted by Gasteiger charge is -2.20. The van der Waals surface area contributed by atoms with Crippen molar-refractivity contribution in [1.29, 1.82) is 0 Å². The number of methoxy groups -OCH3 is 1. The highest BCUT2D eigenvalue weighted by molar-refractivity contribution is 6.43. The van der Waals surface area contributed by atoms with Crippen molar-refractivity contribution in [2.75, 3.05) is 14.2 Å². The van der Waals surface area contributed by atoms with Gasteiger partial charge in [0.15, 0.2) is 5.71 Å². The molecular formula is C26H39NO3. The number of carbonyl (C=O) groups is 1. The fourth-order valence-electron chi connectivity index (χ4n) is 2.46. The molecule has 0 amide bonds. The topological polar surface area (TPSA) is 47.9 Å². The van der Waals surface area contributed by atoms with Crippen LogP contribution in [0.4, 0.5) is 0 Å². The van der Waals surface area contributed by atoms with Gasteiger partial charge in [0.1, 0.15) is 7.11 Å². The zero-order valence-corrected chi connectivity index (χ0v) is 20.5. The first-order valence-electron chi connectivity index (χ1n) is 10.7. The summed E-state index contributed by atoms with van der Waals surface area (Å²) in [6.07, 6.45) is 1.31. The minimum absolute atomic E-state index is 0.184. The van der Waals surface area contributed by atoms with E-state index in [-0.39, 0.29) is 5.71 Å². The number of benzene rings is 1. The molecule has 2 rings (SSSR count). The van der Waals surface area contributed by atoms with E-state index >= 15 is 0 Å². The highest BCUT2D eigenvalue weighted by Crippen LogP contribution is 2.30. The quantitative estimate of drug-likeness (QED) is 0.182. The molecule has 0 saturated heterocycles. The standard InChI is InChI=1S/C20H21NO3.3C2H6/c1-14-12-17(11-10-16-8-6-5-7-9-16)18(13-15(14)2)19(21-24-4)20(22)23-3;3*1-2/h5-9H,12-13H2,1-4H3;3*1-2H3/b21-19-;;;. The van der Waals surface area contributed by atoms with E-state index in [2.05, 4.69) is 30.8 Å². The molecule has 1 aromatic rings. The van der Waals surface area contributed by atoms with Crippen LogP contribution in [0, 0.1) is 11.8 Å². The number of nitrogens with zero attached hydrogens (tertiary/aromatic N) is 1. The Kier molecular flexibility index (Phi) is 17.9. The molecule has 0 aliphatic heterocycles. The molecule has 166 valence electrons. The van der Waals surface area contributed by atoms with E-state index < -0.39 is 5.97 Å². The van der Waals surface area contributed by atoms with Crippen molar-refractivity contribution in [3.8, 4) is 11.8 Å². The average molecular weight is 414 g/mol. The van der Waals surface area contributed by atoms with Gasteiger partial charge in [-0.2, -0.15) is 0 Å². The van der Waals surface area contributed by atoms with Crippen LogP contribution < -0.4 is 0 Å². The second-order valence-corrected chi connectivity index (χ2v) is 5.60. The lowest BCUT2D eigenvalue weighted by atomic mass is 9.85. The molecule has 1 aliphatic rings. The Morgan fingerprint density at radius 3 is 1.90 bits per heavy atom. The number of hydrogen-bond acceptors (Lipinski definition) is 4. The minimum atomic E-state index is -0.516. The molecule has 4 heteroatoms. The number of hydrogen-bond donors (Lipinski definition) is 0. The molecule has 0 N–H and O–H groups in total. The Bertz CT molecular complexity index is 775. The van der Waals surface area contributed by atoms with Gasteiger partial charge >= 0.3 is 5.97 Å². The molecule has 1 aromatic carbocycles. The van der Waals surface area contributed by atoms with Gasteiger partial charge in [-0.05, 0) is 32.4 Å². The zero-order valence-electron chi connectivity index (χ0n) is 20.5. The molecule has 1 aliphatic carbocycles. The Hall–Kier alpha value is -2.80. The molecule has 0 radical (unpaired) electrons. The lowest BCUT2D eigenvalue weighted by Crippen LogP contribution is -2.22. The fraction of sp³-hybridized carbons (Fsp3) is 0.462. The Morgan fingerprint density at radius 1 is 0.867 bits per heavy atom. The van der Waals surface area contributed by atoms with Gasteiger partial charge in [-0.25, -0.2) is 4.79 Å². The van der Waals surface area contributed by atoms with Gasteiger partial charge in [-0.3, -0.25) is 0 Å². The summed E-state index contributed by atoms with van der Waals surface area (Å²) in [6.45, 7) is 16.1. The smallest absolute Gasteiger partial charge is 0.360 e. The van der Waals surface area contributed by atoms with E-state index in [9.17, 15) is 4.79 Å². The number of carbonyl (C=O) groups excluding carboxylic acids is 1. The number of rotatable bonds is 3. The van der Waals surface area contributed by atoms with Crippen LogP contribution in [0.15, 0.2) is 57.8 Å². The number of oxime groups is 1. The summed E-state index contributed by atoms with van der Waals surface area (Å²) in [5, 5.41) is 3.88. The van der Waals surface area contributed by atoms with Crippen LogP contribution in [-0.4, -0.2) is 25.9 Å². The molecule has 0 fully saturated rings. The molecule has 0 heterocycles. The second kappa shape index (κ2) is 18.2. The van der Waals surface area contributed by atoms with Crippen LogP contribution in [0.3, 0.4) is 0 Å². The van der Waals surface area contributed by atoms with Crippen molar-refractivity contribution in [3.63, 3.8) is 0 Å². The SMILES string of the molecule is CC.CC.CC.CO/N=C(\C(=O)OC)C1=C(C#Cc2ccccc2)CC(C)=C(C)C1. The van der Waals surface area contributed by atoms with Crippen LogP contribution in [0.1, 0.15) is 73.8 Å². The lowest BCUT2D eigenvalue weighted by molar-refractivity contribution is -0.132. The maximum Gasteiger partial charge on any atom is 0.360 e. The molecule has 0 atom stereocenters. The molecule has 0 bridgehead atoms. The van der Waals surface area contributed by atoms with Crippen LogP contribution in [0.5, 0.6) is 0 Å². The van der Waals surface area contributed by atoms with Crippen LogP contribution >= 0.6 is 0 Å². The minimum Gasteiger partial charge on any atom is -0.464 e. The van der Waals surface area contributed by atoms with Gasteiger partial charge in [-0.1, -0.05) is 87.9 Å². The highest BCUT2D eigenvalue weighted by Gasteiger charge is 2.25. The Morgan fingerprint density at radius 2 is 1.40 bits per heavy atom. The van der Waals surface area contributed by atoms with E-state index in [1.807, 2.05) is 71.9 Å². The van der Waals surface area contributed by atoms with Gasteiger partial charge in [-0.15, -0.1) is 0 Å². The first-order valence-corrected chi connectivity index (χ1v) is 10.7. The normalized spacial score (nSPS) is 12.5. The predicted octanol–water partition coefficient (Wildman–Crippen LogP) is 6.72. The first kappa shape index (κ1) is 29.4. The number of esters is 1. The van der Waals surface area contributed by atoms with Gasteiger partial charge in [0, 0.05) is 23.1 Å². The summed E-state index contributed by atoms with van der Waals surface area (Å²) in [7, 11) is 2.75. The Balaban J connectivity index is 0. The maximum absolute atomic E-state index is 12.1. The molecular weight excluding hydrogens is 374 g/mol. The van der Waals surface area contributed by atoms with Crippen molar-refractivity contribution in [3.05, 3.63) is 58.2 Å². The highest BCUT2D eigenvalue weighted by atomic mass is 16.6.